The van der Waals surface area contributed by atoms with Gasteiger partial charge in [-0.1, -0.05) is 23.9 Å². The highest BCUT2D eigenvalue weighted by molar-refractivity contribution is 7.98. The average Bonchev–Trinajstić information content (AvgIpc) is 2.38. The van der Waals surface area contributed by atoms with E-state index in [2.05, 4.69) is 9.97 Å². The number of thioether (sulfide) groups is 1. The van der Waals surface area contributed by atoms with Gasteiger partial charge in [-0.2, -0.15) is 0 Å². The highest BCUT2D eigenvalue weighted by Gasteiger charge is 2.04. The van der Waals surface area contributed by atoms with Gasteiger partial charge < -0.3 is 5.73 Å². The largest absolute Gasteiger partial charge is 0.326 e. The van der Waals surface area contributed by atoms with Crippen LogP contribution in [-0.2, 0) is 12.3 Å². The van der Waals surface area contributed by atoms with Crippen molar-refractivity contribution in [1.82, 2.24) is 9.97 Å². The zero-order chi connectivity index (χ0) is 13.0. The Hall–Kier alpha value is -1.46. The van der Waals surface area contributed by atoms with Crippen molar-refractivity contribution in [2.24, 2.45) is 5.73 Å². The molecular formula is C13H14FN3S. The van der Waals surface area contributed by atoms with E-state index in [4.69, 9.17) is 5.73 Å². The zero-order valence-corrected chi connectivity index (χ0v) is 10.9. The lowest BCUT2D eigenvalue weighted by molar-refractivity contribution is 0.610. The first kappa shape index (κ1) is 13.0. The first-order chi connectivity index (χ1) is 8.69. The summed E-state index contributed by atoms with van der Waals surface area (Å²) in [7, 11) is 0. The standard InChI is InChI=1S/C13H14FN3S/c1-9-4-5-16-13(17-9)18-8-10-2-3-12(14)11(6-10)7-15/h2-6H,7-8,15H2,1H3. The van der Waals surface area contributed by atoms with E-state index in [1.807, 2.05) is 13.0 Å². The van der Waals surface area contributed by atoms with Crippen LogP contribution in [0.4, 0.5) is 4.39 Å². The second kappa shape index (κ2) is 5.93. The highest BCUT2D eigenvalue weighted by Crippen LogP contribution is 2.20. The van der Waals surface area contributed by atoms with Crippen molar-refractivity contribution in [3.8, 4) is 0 Å². The molecule has 0 saturated heterocycles. The third-order valence-corrected chi connectivity index (χ3v) is 3.40. The molecule has 1 heterocycles. The monoisotopic (exact) mass is 263 g/mol. The van der Waals surface area contributed by atoms with Crippen LogP contribution in [0.2, 0.25) is 0 Å². The molecule has 3 nitrogen and oxygen atoms in total. The Morgan fingerprint density at radius 3 is 2.89 bits per heavy atom. The Bertz CT molecular complexity index is 546. The summed E-state index contributed by atoms with van der Waals surface area (Å²) >= 11 is 1.53. The normalized spacial score (nSPS) is 10.6. The molecule has 0 atom stereocenters. The van der Waals surface area contributed by atoms with E-state index in [1.165, 1.54) is 17.8 Å². The SMILES string of the molecule is Cc1ccnc(SCc2ccc(F)c(CN)c2)n1. The average molecular weight is 263 g/mol. The van der Waals surface area contributed by atoms with E-state index >= 15 is 0 Å². The second-order valence-electron chi connectivity index (χ2n) is 3.90. The number of aryl methyl sites for hydroxylation is 1. The quantitative estimate of drug-likeness (QED) is 0.680. The molecule has 5 heteroatoms. The van der Waals surface area contributed by atoms with Gasteiger partial charge in [0.1, 0.15) is 5.82 Å². The van der Waals surface area contributed by atoms with Gasteiger partial charge in [0.15, 0.2) is 5.16 Å². The molecule has 0 spiro atoms. The van der Waals surface area contributed by atoms with E-state index in [-0.39, 0.29) is 12.4 Å². The van der Waals surface area contributed by atoms with Gasteiger partial charge in [-0.3, -0.25) is 0 Å². The van der Waals surface area contributed by atoms with Gasteiger partial charge >= 0.3 is 0 Å². The van der Waals surface area contributed by atoms with Crippen molar-refractivity contribution in [3.63, 3.8) is 0 Å². The van der Waals surface area contributed by atoms with Gasteiger partial charge in [0.05, 0.1) is 0 Å². The summed E-state index contributed by atoms with van der Waals surface area (Å²) in [5.74, 6) is 0.453. The molecule has 18 heavy (non-hydrogen) atoms. The van der Waals surface area contributed by atoms with Crippen LogP contribution >= 0.6 is 11.8 Å². The predicted octanol–water partition coefficient (Wildman–Crippen LogP) is 2.68. The molecule has 0 aliphatic rings. The summed E-state index contributed by atoms with van der Waals surface area (Å²) in [5, 5.41) is 0.730. The van der Waals surface area contributed by atoms with E-state index in [1.54, 1.807) is 18.3 Å². The van der Waals surface area contributed by atoms with Crippen LogP contribution in [0.1, 0.15) is 16.8 Å². The van der Waals surface area contributed by atoms with E-state index in [0.29, 0.717) is 11.3 Å². The number of nitrogens with two attached hydrogens (primary N) is 1. The van der Waals surface area contributed by atoms with Crippen molar-refractivity contribution in [2.45, 2.75) is 24.4 Å². The Morgan fingerprint density at radius 1 is 1.33 bits per heavy atom. The fourth-order valence-corrected chi connectivity index (χ4v) is 2.34. The highest BCUT2D eigenvalue weighted by atomic mass is 32.2. The Balaban J connectivity index is 2.06. The minimum absolute atomic E-state index is 0.214. The lowest BCUT2D eigenvalue weighted by Crippen LogP contribution is -2.00. The Kier molecular flexibility index (Phi) is 4.28. The molecule has 0 aliphatic heterocycles. The molecule has 1 aromatic heterocycles. The van der Waals surface area contributed by atoms with Gasteiger partial charge in [-0.15, -0.1) is 0 Å². The van der Waals surface area contributed by atoms with Crippen molar-refractivity contribution in [2.75, 3.05) is 0 Å². The third-order valence-electron chi connectivity index (χ3n) is 2.47. The van der Waals surface area contributed by atoms with Crippen LogP contribution in [-0.4, -0.2) is 9.97 Å². The molecule has 0 saturated carbocycles. The Morgan fingerprint density at radius 2 is 2.17 bits per heavy atom. The van der Waals surface area contributed by atoms with E-state index in [0.717, 1.165) is 16.4 Å². The molecule has 0 fully saturated rings. The number of benzene rings is 1. The summed E-state index contributed by atoms with van der Waals surface area (Å²) in [5.41, 5.74) is 7.97. The molecular weight excluding hydrogens is 249 g/mol. The van der Waals surface area contributed by atoms with Gasteiger partial charge in [0, 0.05) is 29.8 Å². The van der Waals surface area contributed by atoms with E-state index in [9.17, 15) is 4.39 Å². The molecule has 2 N–H and O–H groups in total. The number of halogens is 1. The molecule has 1 aromatic carbocycles. The molecule has 2 aromatic rings. The van der Waals surface area contributed by atoms with E-state index < -0.39 is 0 Å². The predicted molar refractivity (Wildman–Crippen MR) is 70.6 cm³/mol. The molecule has 0 bridgehead atoms. The molecule has 2 rings (SSSR count). The minimum Gasteiger partial charge on any atom is -0.326 e. The molecule has 94 valence electrons. The van der Waals surface area contributed by atoms with Crippen molar-refractivity contribution in [1.29, 1.82) is 0 Å². The fourth-order valence-electron chi connectivity index (χ4n) is 1.52. The summed E-state index contributed by atoms with van der Waals surface area (Å²) in [4.78, 5) is 8.47. The number of hydrogen-bond acceptors (Lipinski definition) is 4. The maximum atomic E-state index is 13.3. The lowest BCUT2D eigenvalue weighted by atomic mass is 10.1. The van der Waals surface area contributed by atoms with Gasteiger partial charge in [0.2, 0.25) is 0 Å². The third kappa shape index (κ3) is 3.27. The van der Waals surface area contributed by atoms with Crippen LogP contribution in [0, 0.1) is 12.7 Å². The van der Waals surface area contributed by atoms with Crippen LogP contribution < -0.4 is 5.73 Å². The maximum absolute atomic E-state index is 13.3. The van der Waals surface area contributed by atoms with Crippen LogP contribution in [0.3, 0.4) is 0 Å². The Labute approximate surface area is 110 Å². The summed E-state index contributed by atoms with van der Waals surface area (Å²) in [6.07, 6.45) is 1.74. The van der Waals surface area contributed by atoms with Gasteiger partial charge in [0.25, 0.3) is 0 Å². The summed E-state index contributed by atoms with van der Waals surface area (Å²) in [6, 6.07) is 6.86. The van der Waals surface area contributed by atoms with Crippen molar-refractivity contribution >= 4 is 11.8 Å². The van der Waals surface area contributed by atoms with Crippen molar-refractivity contribution in [3.05, 3.63) is 53.1 Å². The van der Waals surface area contributed by atoms with Crippen LogP contribution in [0.5, 0.6) is 0 Å². The lowest BCUT2D eigenvalue weighted by Gasteiger charge is -2.04. The number of aromatic nitrogens is 2. The molecule has 0 amide bonds. The molecule has 0 aliphatic carbocycles. The van der Waals surface area contributed by atoms with Crippen molar-refractivity contribution < 1.29 is 4.39 Å². The summed E-state index contributed by atoms with van der Waals surface area (Å²) in [6.45, 7) is 2.14. The van der Waals surface area contributed by atoms with Crippen LogP contribution in [0.15, 0.2) is 35.6 Å². The molecule has 0 unspecified atom stereocenters. The molecule has 0 radical (unpaired) electrons. The minimum atomic E-state index is -0.252. The number of rotatable bonds is 4. The number of nitrogens with zero attached hydrogens (tertiary/aromatic N) is 2. The zero-order valence-electron chi connectivity index (χ0n) is 10.1. The van der Waals surface area contributed by atoms with Gasteiger partial charge in [-0.05, 0) is 24.6 Å². The van der Waals surface area contributed by atoms with Crippen LogP contribution in [0.25, 0.3) is 0 Å². The fraction of sp³-hybridized carbons (Fsp3) is 0.231. The number of hydrogen-bond donors (Lipinski definition) is 1. The maximum Gasteiger partial charge on any atom is 0.188 e. The topological polar surface area (TPSA) is 51.8 Å². The summed E-state index contributed by atoms with van der Waals surface area (Å²) < 4.78 is 13.3. The van der Waals surface area contributed by atoms with Gasteiger partial charge in [-0.25, -0.2) is 14.4 Å². The smallest absolute Gasteiger partial charge is 0.188 e. The first-order valence-corrected chi connectivity index (χ1v) is 6.57. The first-order valence-electron chi connectivity index (χ1n) is 5.59. The second-order valence-corrected chi connectivity index (χ2v) is 4.84.